The molecule has 0 N–H and O–H groups in total. The molecule has 0 bridgehead atoms. The lowest BCUT2D eigenvalue weighted by Gasteiger charge is -2.30. The largest absolute Gasteiger partial charge is 0.314 e. The summed E-state index contributed by atoms with van der Waals surface area (Å²) in [5.41, 5.74) is 9.04. The summed E-state index contributed by atoms with van der Waals surface area (Å²) in [5.74, 6) is 0. The number of allylic oxidation sites excluding steroid dienone is 5. The van der Waals surface area contributed by atoms with E-state index in [1.54, 1.807) is 0 Å². The van der Waals surface area contributed by atoms with E-state index in [2.05, 4.69) is 86.4 Å². The van der Waals surface area contributed by atoms with Gasteiger partial charge in [-0.25, -0.2) is 0 Å². The minimum Gasteiger partial charge on any atom is -0.314 e. The van der Waals surface area contributed by atoms with Crippen molar-refractivity contribution in [2.24, 2.45) is 0 Å². The third-order valence-corrected chi connectivity index (χ3v) is 6.02. The van der Waals surface area contributed by atoms with Gasteiger partial charge in [-0.15, -0.1) is 0 Å². The zero-order valence-electron chi connectivity index (χ0n) is 19.8. The molecule has 160 valence electrons. The van der Waals surface area contributed by atoms with Gasteiger partial charge in [0.15, 0.2) is 0 Å². The van der Waals surface area contributed by atoms with E-state index >= 15 is 0 Å². The fourth-order valence-corrected chi connectivity index (χ4v) is 3.99. The molecule has 0 saturated heterocycles. The van der Waals surface area contributed by atoms with Gasteiger partial charge in [-0.1, -0.05) is 98.5 Å². The number of hydrogen-bond acceptors (Lipinski definition) is 1. The number of nitrogens with zero attached hydrogens (tertiary/aromatic N) is 1. The number of benzene rings is 3. The van der Waals surface area contributed by atoms with Crippen LogP contribution in [-0.2, 0) is 5.41 Å². The Labute approximate surface area is 201 Å². The highest BCUT2D eigenvalue weighted by molar-refractivity contribution is 6.32. The van der Waals surface area contributed by atoms with Crippen LogP contribution >= 0.6 is 0 Å². The molecule has 1 nitrogen and oxygen atoms in total. The Morgan fingerprint density at radius 1 is 0.667 bits per heavy atom. The molecule has 0 spiro atoms. The molecule has 0 amide bonds. The molecule has 3 aromatic carbocycles. The first-order valence-corrected chi connectivity index (χ1v) is 11.5. The van der Waals surface area contributed by atoms with Crippen LogP contribution in [0, 0.1) is 0 Å². The van der Waals surface area contributed by atoms with Crippen molar-refractivity contribution in [1.29, 1.82) is 0 Å². The SMILES string of the molecule is [B]c1ccc(/C=C/C2=CC=C(N(c3ccc([B])cc3)c3ccc(C(C)(C)C)cc3)CC2)cc1. The lowest BCUT2D eigenvalue weighted by Crippen LogP contribution is -2.19. The monoisotopic (exact) mass is 425 g/mol. The summed E-state index contributed by atoms with van der Waals surface area (Å²) in [6.07, 6.45) is 10.8. The van der Waals surface area contributed by atoms with Gasteiger partial charge in [0.2, 0.25) is 0 Å². The second kappa shape index (κ2) is 9.75. The molecule has 0 heterocycles. The van der Waals surface area contributed by atoms with E-state index in [4.69, 9.17) is 15.7 Å². The van der Waals surface area contributed by atoms with E-state index in [0.29, 0.717) is 0 Å². The van der Waals surface area contributed by atoms with Gasteiger partial charge in [-0.05, 0) is 65.3 Å². The van der Waals surface area contributed by atoms with Crippen molar-refractivity contribution in [3.05, 3.63) is 113 Å². The third kappa shape index (κ3) is 5.79. The van der Waals surface area contributed by atoms with Crippen LogP contribution in [0.2, 0.25) is 0 Å². The second-order valence-electron chi connectivity index (χ2n) is 9.62. The molecule has 0 fully saturated rings. The molecule has 4 rings (SSSR count). The minimum absolute atomic E-state index is 0.128. The summed E-state index contributed by atoms with van der Waals surface area (Å²) in [6.45, 7) is 6.73. The number of hydrogen-bond donors (Lipinski definition) is 0. The van der Waals surface area contributed by atoms with Crippen LogP contribution < -0.4 is 15.8 Å². The first kappa shape index (κ1) is 23.0. The zero-order valence-corrected chi connectivity index (χ0v) is 19.8. The van der Waals surface area contributed by atoms with Gasteiger partial charge < -0.3 is 4.90 Å². The van der Waals surface area contributed by atoms with Crippen molar-refractivity contribution in [2.75, 3.05) is 4.90 Å². The molecule has 1 aliphatic rings. The summed E-state index contributed by atoms with van der Waals surface area (Å²) in [5, 5.41) is 0. The molecule has 0 unspecified atom stereocenters. The Bertz CT molecular complexity index is 1180. The fraction of sp³-hybridized carbons (Fsp3) is 0.200. The summed E-state index contributed by atoms with van der Waals surface area (Å²) in [4.78, 5) is 2.34. The molecule has 0 atom stereocenters. The Hall–Kier alpha value is -3.19. The van der Waals surface area contributed by atoms with Gasteiger partial charge in [0.05, 0.1) is 0 Å². The van der Waals surface area contributed by atoms with Crippen LogP contribution in [-0.4, -0.2) is 15.7 Å². The van der Waals surface area contributed by atoms with Crippen molar-refractivity contribution in [3.63, 3.8) is 0 Å². The van der Waals surface area contributed by atoms with E-state index in [-0.39, 0.29) is 5.41 Å². The predicted octanol–water partition coefficient (Wildman–Crippen LogP) is 6.03. The average Bonchev–Trinajstić information content (AvgIpc) is 2.81. The molecule has 0 saturated carbocycles. The van der Waals surface area contributed by atoms with Crippen LogP contribution in [0.1, 0.15) is 44.7 Å². The topological polar surface area (TPSA) is 3.24 Å². The fourth-order valence-electron chi connectivity index (χ4n) is 3.99. The maximum atomic E-state index is 5.96. The molecule has 0 aromatic heterocycles. The first-order valence-electron chi connectivity index (χ1n) is 11.5. The van der Waals surface area contributed by atoms with E-state index in [1.807, 2.05) is 36.4 Å². The molecular formula is C30H29B2N. The van der Waals surface area contributed by atoms with Crippen molar-refractivity contribution in [3.8, 4) is 0 Å². The predicted molar refractivity (Wildman–Crippen MR) is 145 cm³/mol. The summed E-state index contributed by atoms with van der Waals surface area (Å²) >= 11 is 0. The van der Waals surface area contributed by atoms with Crippen LogP contribution in [0.5, 0.6) is 0 Å². The van der Waals surface area contributed by atoms with E-state index in [9.17, 15) is 0 Å². The molecule has 1 aliphatic carbocycles. The first-order chi connectivity index (χ1) is 15.8. The molecule has 0 aliphatic heterocycles. The maximum absolute atomic E-state index is 5.96. The second-order valence-corrected chi connectivity index (χ2v) is 9.62. The third-order valence-electron chi connectivity index (χ3n) is 6.02. The van der Waals surface area contributed by atoms with Gasteiger partial charge in [-0.3, -0.25) is 0 Å². The van der Waals surface area contributed by atoms with Gasteiger partial charge >= 0.3 is 0 Å². The summed E-state index contributed by atoms with van der Waals surface area (Å²) < 4.78 is 0. The van der Waals surface area contributed by atoms with Crippen LogP contribution in [0.3, 0.4) is 0 Å². The minimum atomic E-state index is 0.128. The lowest BCUT2D eigenvalue weighted by molar-refractivity contribution is 0.590. The Morgan fingerprint density at radius 2 is 1.21 bits per heavy atom. The van der Waals surface area contributed by atoms with E-state index in [1.165, 1.54) is 16.8 Å². The summed E-state index contributed by atoms with van der Waals surface area (Å²) in [7, 11) is 11.8. The average molecular weight is 425 g/mol. The normalized spacial score (nSPS) is 14.2. The molecule has 4 radical (unpaired) electrons. The molecule has 3 heteroatoms. The maximum Gasteiger partial charge on any atom is 0.113 e. The van der Waals surface area contributed by atoms with Crippen molar-refractivity contribution < 1.29 is 0 Å². The van der Waals surface area contributed by atoms with Gasteiger partial charge in [0, 0.05) is 17.1 Å². The zero-order chi connectivity index (χ0) is 23.4. The highest BCUT2D eigenvalue weighted by Gasteiger charge is 2.18. The van der Waals surface area contributed by atoms with Crippen molar-refractivity contribution >= 4 is 44.1 Å². The Balaban J connectivity index is 1.63. The van der Waals surface area contributed by atoms with Gasteiger partial charge in [0.1, 0.15) is 15.7 Å². The molecule has 3 aromatic rings. The van der Waals surface area contributed by atoms with Crippen LogP contribution in [0.4, 0.5) is 11.4 Å². The number of anilines is 2. The Kier molecular flexibility index (Phi) is 6.79. The van der Waals surface area contributed by atoms with Gasteiger partial charge in [-0.2, -0.15) is 0 Å². The summed E-state index contributed by atoms with van der Waals surface area (Å²) in [6, 6.07) is 25.0. The Morgan fingerprint density at radius 3 is 1.73 bits per heavy atom. The molecular weight excluding hydrogens is 396 g/mol. The molecule has 33 heavy (non-hydrogen) atoms. The smallest absolute Gasteiger partial charge is 0.113 e. The van der Waals surface area contributed by atoms with Crippen molar-refractivity contribution in [1.82, 2.24) is 0 Å². The van der Waals surface area contributed by atoms with E-state index in [0.717, 1.165) is 40.7 Å². The lowest BCUT2D eigenvalue weighted by atomic mass is 9.87. The quantitative estimate of drug-likeness (QED) is 0.452. The number of rotatable bonds is 5. The van der Waals surface area contributed by atoms with Gasteiger partial charge in [0.25, 0.3) is 0 Å². The highest BCUT2D eigenvalue weighted by atomic mass is 15.1. The van der Waals surface area contributed by atoms with Crippen LogP contribution in [0.25, 0.3) is 6.08 Å². The standard InChI is InChI=1S/C30H29B2N/c1-30(2,3)24-10-18-28(19-11-24)33(29-20-14-26(32)15-21-29)27-16-8-23(9-17-27)5-4-22-6-12-25(31)13-7-22/h4-8,10-16,18-21H,9,17H2,1-3H3/b5-4+. The van der Waals surface area contributed by atoms with Crippen molar-refractivity contribution in [2.45, 2.75) is 39.0 Å². The van der Waals surface area contributed by atoms with E-state index < -0.39 is 0 Å². The van der Waals surface area contributed by atoms with Crippen LogP contribution in [0.15, 0.2) is 102 Å². The highest BCUT2D eigenvalue weighted by Crippen LogP contribution is 2.35.